The van der Waals surface area contributed by atoms with Crippen molar-refractivity contribution in [2.45, 2.75) is 33.1 Å². The highest BCUT2D eigenvalue weighted by atomic mass is 35.5. The number of nitrogens with two attached hydrogens (primary N) is 1. The van der Waals surface area contributed by atoms with E-state index in [1.807, 2.05) is 13.8 Å². The largest absolute Gasteiger partial charge is 0.463 e. The maximum Gasteiger partial charge on any atom is 0.338 e. The van der Waals surface area contributed by atoms with Crippen LogP contribution in [-0.4, -0.2) is 25.0 Å². The lowest BCUT2D eigenvalue weighted by molar-refractivity contribution is -0.138. The summed E-state index contributed by atoms with van der Waals surface area (Å²) < 4.78 is 19.1. The van der Waals surface area contributed by atoms with Crippen LogP contribution in [0.5, 0.6) is 0 Å². The van der Waals surface area contributed by atoms with Crippen LogP contribution in [0, 0.1) is 11.2 Å². The first-order valence-corrected chi connectivity index (χ1v) is 11.5. The average molecular weight is 484 g/mol. The molecule has 1 amide bonds. The first-order chi connectivity index (χ1) is 16.1. The summed E-state index contributed by atoms with van der Waals surface area (Å²) in [6.45, 7) is 6.38. The molecule has 3 N–H and O–H groups in total. The van der Waals surface area contributed by atoms with Gasteiger partial charge in [-0.15, -0.1) is 0 Å². The maximum absolute atomic E-state index is 13.7. The lowest BCUT2D eigenvalue weighted by Gasteiger charge is -2.39. The monoisotopic (exact) mass is 483 g/mol. The van der Waals surface area contributed by atoms with Crippen molar-refractivity contribution in [1.29, 1.82) is 0 Å². The number of esters is 1. The van der Waals surface area contributed by atoms with Gasteiger partial charge in [0.15, 0.2) is 0 Å². The standard InChI is InChI=1S/C26H27ClFN3O3/c1-4-34-25(33)22-20(15-5-7-16(27)8-6-15)21-19(13-26(2,3)14-30-24(21)32)31(23(22)29)18-11-9-17(28)10-12-18/h5-12,20H,4,13-14,29H2,1-3H3,(H,30,32). The Morgan fingerprint density at radius 2 is 1.85 bits per heavy atom. The Hall–Kier alpha value is -3.32. The summed E-state index contributed by atoms with van der Waals surface area (Å²) in [6, 6.07) is 12.8. The van der Waals surface area contributed by atoms with Crippen LogP contribution in [0.4, 0.5) is 10.1 Å². The number of hydrogen-bond acceptors (Lipinski definition) is 5. The van der Waals surface area contributed by atoms with Crippen LogP contribution >= 0.6 is 11.6 Å². The zero-order valence-corrected chi connectivity index (χ0v) is 20.1. The number of allylic oxidation sites excluding steroid dienone is 1. The van der Waals surface area contributed by atoms with Crippen LogP contribution in [0.25, 0.3) is 0 Å². The fourth-order valence-corrected chi connectivity index (χ4v) is 4.64. The number of benzene rings is 2. The second-order valence-corrected chi connectivity index (χ2v) is 9.64. The fourth-order valence-electron chi connectivity index (χ4n) is 4.52. The van der Waals surface area contributed by atoms with Gasteiger partial charge < -0.3 is 15.8 Å². The third kappa shape index (κ3) is 4.40. The number of amides is 1. The zero-order valence-electron chi connectivity index (χ0n) is 19.3. The normalized spacial score (nSPS) is 20.0. The summed E-state index contributed by atoms with van der Waals surface area (Å²) in [7, 11) is 0. The minimum Gasteiger partial charge on any atom is -0.463 e. The maximum atomic E-state index is 13.7. The molecule has 2 aliphatic heterocycles. The summed E-state index contributed by atoms with van der Waals surface area (Å²) in [5.41, 5.74) is 8.87. The Labute approximate surface area is 203 Å². The summed E-state index contributed by atoms with van der Waals surface area (Å²) in [4.78, 5) is 28.5. The molecular formula is C26H27ClFN3O3. The summed E-state index contributed by atoms with van der Waals surface area (Å²) in [6.07, 6.45) is 0.499. The Kier molecular flexibility index (Phi) is 6.41. The highest BCUT2D eigenvalue weighted by Crippen LogP contribution is 2.47. The van der Waals surface area contributed by atoms with Gasteiger partial charge in [0, 0.05) is 28.5 Å². The second kappa shape index (κ2) is 9.14. The number of nitrogens with one attached hydrogen (secondary N) is 1. The molecule has 0 radical (unpaired) electrons. The van der Waals surface area contributed by atoms with E-state index in [9.17, 15) is 14.0 Å². The molecule has 0 bridgehead atoms. The van der Waals surface area contributed by atoms with E-state index in [0.717, 1.165) is 0 Å². The Morgan fingerprint density at radius 3 is 2.47 bits per heavy atom. The van der Waals surface area contributed by atoms with Gasteiger partial charge in [-0.25, -0.2) is 9.18 Å². The van der Waals surface area contributed by atoms with Crippen LogP contribution in [0.2, 0.25) is 5.02 Å². The summed E-state index contributed by atoms with van der Waals surface area (Å²) in [5, 5.41) is 3.54. The molecule has 178 valence electrons. The van der Waals surface area contributed by atoms with Crippen LogP contribution < -0.4 is 16.0 Å². The first-order valence-electron chi connectivity index (χ1n) is 11.1. The van der Waals surface area contributed by atoms with Gasteiger partial charge in [0.1, 0.15) is 11.6 Å². The molecule has 0 aromatic heterocycles. The van der Waals surface area contributed by atoms with Crippen molar-refractivity contribution in [1.82, 2.24) is 5.32 Å². The van der Waals surface area contributed by atoms with E-state index in [1.165, 1.54) is 12.1 Å². The number of anilines is 1. The highest BCUT2D eigenvalue weighted by Gasteiger charge is 2.45. The molecule has 6 nitrogen and oxygen atoms in total. The summed E-state index contributed by atoms with van der Waals surface area (Å²) >= 11 is 6.11. The predicted molar refractivity (Wildman–Crippen MR) is 129 cm³/mol. The molecule has 0 saturated carbocycles. The van der Waals surface area contributed by atoms with Crippen molar-refractivity contribution in [3.8, 4) is 0 Å². The number of carbonyl (C=O) groups excluding carboxylic acids is 2. The van der Waals surface area contributed by atoms with Crippen molar-refractivity contribution in [2.75, 3.05) is 18.1 Å². The molecule has 8 heteroatoms. The third-order valence-corrected chi connectivity index (χ3v) is 6.33. The van der Waals surface area contributed by atoms with Gasteiger partial charge >= 0.3 is 5.97 Å². The molecule has 2 heterocycles. The molecule has 4 rings (SSSR count). The number of nitrogens with zero attached hydrogens (tertiary/aromatic N) is 1. The molecule has 2 aromatic carbocycles. The highest BCUT2D eigenvalue weighted by molar-refractivity contribution is 6.30. The Morgan fingerprint density at radius 1 is 1.21 bits per heavy atom. The van der Waals surface area contributed by atoms with E-state index in [-0.39, 0.29) is 29.3 Å². The topological polar surface area (TPSA) is 84.7 Å². The van der Waals surface area contributed by atoms with E-state index >= 15 is 0 Å². The molecule has 0 saturated heterocycles. The van der Waals surface area contributed by atoms with E-state index < -0.39 is 17.7 Å². The third-order valence-electron chi connectivity index (χ3n) is 6.08. The second-order valence-electron chi connectivity index (χ2n) is 9.20. The smallest absolute Gasteiger partial charge is 0.338 e. The van der Waals surface area contributed by atoms with Crippen molar-refractivity contribution in [2.24, 2.45) is 11.1 Å². The first kappa shape index (κ1) is 23.8. The quantitative estimate of drug-likeness (QED) is 0.620. The van der Waals surface area contributed by atoms with Gasteiger partial charge in [0.25, 0.3) is 0 Å². The molecule has 0 fully saturated rings. The Balaban J connectivity index is 2.03. The number of carbonyl (C=O) groups is 2. The van der Waals surface area contributed by atoms with Crippen LogP contribution in [0.1, 0.15) is 38.7 Å². The molecule has 2 aliphatic rings. The van der Waals surface area contributed by atoms with E-state index in [2.05, 4.69) is 5.32 Å². The number of halogens is 2. The lowest BCUT2D eigenvalue weighted by Crippen LogP contribution is -2.41. The fraction of sp³-hybridized carbons (Fsp3) is 0.308. The zero-order chi connectivity index (χ0) is 24.6. The van der Waals surface area contributed by atoms with Gasteiger partial charge in [-0.1, -0.05) is 37.6 Å². The molecule has 34 heavy (non-hydrogen) atoms. The van der Waals surface area contributed by atoms with Gasteiger partial charge in [0.2, 0.25) is 5.91 Å². The molecule has 0 aliphatic carbocycles. The molecular weight excluding hydrogens is 457 g/mol. The van der Waals surface area contributed by atoms with E-state index in [4.69, 9.17) is 22.1 Å². The molecule has 2 aromatic rings. The van der Waals surface area contributed by atoms with Crippen LogP contribution in [0.3, 0.4) is 0 Å². The Bertz CT molecular complexity index is 1190. The SMILES string of the molecule is CCOC(=O)C1=C(N)N(c2ccc(F)cc2)C2=C(C(=O)NCC(C)(C)C2)C1c1ccc(Cl)cc1. The van der Waals surface area contributed by atoms with Gasteiger partial charge in [-0.2, -0.15) is 0 Å². The number of rotatable bonds is 4. The van der Waals surface area contributed by atoms with Crippen LogP contribution in [-0.2, 0) is 14.3 Å². The van der Waals surface area contributed by atoms with Crippen molar-refractivity contribution >= 4 is 29.2 Å². The minimum absolute atomic E-state index is 0.143. The van der Waals surface area contributed by atoms with Gasteiger partial charge in [-0.05, 0) is 60.7 Å². The molecule has 1 unspecified atom stereocenters. The minimum atomic E-state index is -0.753. The molecule has 1 atom stereocenters. The van der Waals surface area contributed by atoms with Crippen molar-refractivity contribution in [3.05, 3.63) is 87.6 Å². The van der Waals surface area contributed by atoms with Crippen molar-refractivity contribution in [3.63, 3.8) is 0 Å². The van der Waals surface area contributed by atoms with Crippen LogP contribution in [0.15, 0.2) is 71.2 Å². The lowest BCUT2D eigenvalue weighted by atomic mass is 9.78. The van der Waals surface area contributed by atoms with Crippen molar-refractivity contribution < 1.29 is 18.7 Å². The summed E-state index contributed by atoms with van der Waals surface area (Å²) in [5.74, 6) is -1.91. The van der Waals surface area contributed by atoms with E-state index in [0.29, 0.717) is 40.5 Å². The van der Waals surface area contributed by atoms with Gasteiger partial charge in [-0.3, -0.25) is 9.69 Å². The predicted octanol–water partition coefficient (Wildman–Crippen LogP) is 4.62. The average Bonchev–Trinajstić information content (AvgIpc) is 2.90. The van der Waals surface area contributed by atoms with Gasteiger partial charge in [0.05, 0.1) is 18.1 Å². The number of ether oxygens (including phenoxy) is 1. The van der Waals surface area contributed by atoms with E-state index in [1.54, 1.807) is 48.2 Å². The number of hydrogen-bond donors (Lipinski definition) is 2. The molecule has 0 spiro atoms.